The van der Waals surface area contributed by atoms with Crippen LogP contribution in [-0.4, -0.2) is 23.7 Å². The van der Waals surface area contributed by atoms with E-state index in [1.54, 1.807) is 0 Å². The zero-order valence-corrected chi connectivity index (χ0v) is 8.96. The van der Waals surface area contributed by atoms with Crippen molar-refractivity contribution in [3.63, 3.8) is 0 Å². The monoisotopic (exact) mass is 199 g/mol. The summed E-state index contributed by atoms with van der Waals surface area (Å²) in [7, 11) is 0. The Hall–Kier alpha value is -0.570. The number of rotatable bonds is 7. The summed E-state index contributed by atoms with van der Waals surface area (Å²) in [5, 5.41) is 11.9. The maximum atomic E-state index is 10.2. The SMILES string of the molecule is CC(NCCCCC(=O)O)C1CCC1. The summed E-state index contributed by atoms with van der Waals surface area (Å²) in [5.74, 6) is 0.187. The third-order valence-electron chi connectivity index (χ3n) is 3.14. The molecule has 1 unspecified atom stereocenters. The fourth-order valence-corrected chi connectivity index (χ4v) is 1.84. The van der Waals surface area contributed by atoms with E-state index in [4.69, 9.17) is 5.11 Å². The highest BCUT2D eigenvalue weighted by Crippen LogP contribution is 2.29. The molecule has 0 bridgehead atoms. The number of nitrogens with one attached hydrogen (secondary N) is 1. The molecule has 0 aromatic rings. The molecule has 1 atom stereocenters. The van der Waals surface area contributed by atoms with Crippen molar-refractivity contribution in [3.05, 3.63) is 0 Å². The Morgan fingerprint density at radius 3 is 2.71 bits per heavy atom. The molecule has 0 aliphatic heterocycles. The summed E-state index contributed by atoms with van der Waals surface area (Å²) >= 11 is 0. The minimum Gasteiger partial charge on any atom is -0.481 e. The molecule has 0 radical (unpaired) electrons. The van der Waals surface area contributed by atoms with Crippen LogP contribution in [0.15, 0.2) is 0 Å². The number of hydrogen-bond acceptors (Lipinski definition) is 2. The molecule has 0 aromatic carbocycles. The van der Waals surface area contributed by atoms with E-state index in [1.165, 1.54) is 19.3 Å². The number of aliphatic carboxylic acids is 1. The Labute approximate surface area is 85.9 Å². The van der Waals surface area contributed by atoms with Crippen LogP contribution in [-0.2, 0) is 4.79 Å². The molecule has 0 heterocycles. The van der Waals surface area contributed by atoms with Crippen molar-refractivity contribution < 1.29 is 9.90 Å². The molecule has 1 saturated carbocycles. The summed E-state index contributed by atoms with van der Waals surface area (Å²) in [6, 6.07) is 0.619. The van der Waals surface area contributed by atoms with Crippen LogP contribution < -0.4 is 5.32 Å². The van der Waals surface area contributed by atoms with Crippen molar-refractivity contribution in [3.8, 4) is 0 Å². The zero-order valence-electron chi connectivity index (χ0n) is 8.96. The third-order valence-corrected chi connectivity index (χ3v) is 3.14. The first-order valence-electron chi connectivity index (χ1n) is 5.65. The van der Waals surface area contributed by atoms with Crippen molar-refractivity contribution in [2.75, 3.05) is 6.54 Å². The van der Waals surface area contributed by atoms with Crippen LogP contribution >= 0.6 is 0 Å². The Morgan fingerprint density at radius 2 is 2.21 bits per heavy atom. The topological polar surface area (TPSA) is 49.3 Å². The molecule has 14 heavy (non-hydrogen) atoms. The van der Waals surface area contributed by atoms with Gasteiger partial charge in [-0.2, -0.15) is 0 Å². The van der Waals surface area contributed by atoms with Gasteiger partial charge < -0.3 is 10.4 Å². The minimum atomic E-state index is -0.683. The Bertz CT molecular complexity index is 178. The van der Waals surface area contributed by atoms with Crippen molar-refractivity contribution in [2.45, 2.75) is 51.5 Å². The van der Waals surface area contributed by atoms with Crippen LogP contribution in [0.1, 0.15) is 45.4 Å². The van der Waals surface area contributed by atoms with Crippen molar-refractivity contribution in [1.82, 2.24) is 5.32 Å². The fraction of sp³-hybridized carbons (Fsp3) is 0.909. The summed E-state index contributed by atoms with van der Waals surface area (Å²) in [6.45, 7) is 3.20. The lowest BCUT2D eigenvalue weighted by Gasteiger charge is -2.32. The van der Waals surface area contributed by atoms with E-state index >= 15 is 0 Å². The van der Waals surface area contributed by atoms with Gasteiger partial charge in [0.1, 0.15) is 0 Å². The molecule has 1 aliphatic carbocycles. The summed E-state index contributed by atoms with van der Waals surface area (Å²) in [4.78, 5) is 10.2. The van der Waals surface area contributed by atoms with E-state index in [0.717, 1.165) is 25.3 Å². The maximum absolute atomic E-state index is 10.2. The Morgan fingerprint density at radius 1 is 1.50 bits per heavy atom. The van der Waals surface area contributed by atoms with Crippen LogP contribution in [0.4, 0.5) is 0 Å². The number of carbonyl (C=O) groups is 1. The molecule has 0 aromatic heterocycles. The highest BCUT2D eigenvalue weighted by Gasteiger charge is 2.22. The van der Waals surface area contributed by atoms with Gasteiger partial charge in [0.25, 0.3) is 0 Å². The van der Waals surface area contributed by atoms with E-state index in [1.807, 2.05) is 0 Å². The summed E-state index contributed by atoms with van der Waals surface area (Å²) < 4.78 is 0. The highest BCUT2D eigenvalue weighted by molar-refractivity contribution is 5.66. The van der Waals surface area contributed by atoms with Gasteiger partial charge in [0, 0.05) is 12.5 Å². The first kappa shape index (κ1) is 11.5. The lowest BCUT2D eigenvalue weighted by molar-refractivity contribution is -0.137. The van der Waals surface area contributed by atoms with Gasteiger partial charge in [-0.3, -0.25) is 4.79 Å². The smallest absolute Gasteiger partial charge is 0.303 e. The molecule has 82 valence electrons. The van der Waals surface area contributed by atoms with Crippen LogP contribution in [0, 0.1) is 5.92 Å². The lowest BCUT2D eigenvalue weighted by Crippen LogP contribution is -2.37. The minimum absolute atomic E-state index is 0.305. The number of hydrogen-bond donors (Lipinski definition) is 2. The third kappa shape index (κ3) is 4.09. The van der Waals surface area contributed by atoms with E-state index in [0.29, 0.717) is 12.5 Å². The van der Waals surface area contributed by atoms with Gasteiger partial charge >= 0.3 is 5.97 Å². The van der Waals surface area contributed by atoms with E-state index in [-0.39, 0.29) is 0 Å². The Kier molecular flexibility index (Phi) is 4.94. The lowest BCUT2D eigenvalue weighted by atomic mass is 9.80. The predicted molar refractivity (Wildman–Crippen MR) is 56.3 cm³/mol. The second-order valence-corrected chi connectivity index (χ2v) is 4.28. The average Bonchev–Trinajstić information content (AvgIpc) is 1.99. The van der Waals surface area contributed by atoms with Crippen LogP contribution in [0.2, 0.25) is 0 Å². The Balaban J connectivity index is 1.89. The van der Waals surface area contributed by atoms with Gasteiger partial charge in [-0.15, -0.1) is 0 Å². The van der Waals surface area contributed by atoms with E-state index in [2.05, 4.69) is 12.2 Å². The van der Waals surface area contributed by atoms with Gasteiger partial charge in [0.15, 0.2) is 0 Å². The van der Waals surface area contributed by atoms with Gasteiger partial charge in [-0.05, 0) is 45.1 Å². The van der Waals surface area contributed by atoms with Crippen molar-refractivity contribution >= 4 is 5.97 Å². The van der Waals surface area contributed by atoms with E-state index < -0.39 is 5.97 Å². The maximum Gasteiger partial charge on any atom is 0.303 e. The van der Waals surface area contributed by atoms with E-state index in [9.17, 15) is 4.79 Å². The molecule has 1 fully saturated rings. The molecular formula is C11H21NO2. The molecule has 0 amide bonds. The second-order valence-electron chi connectivity index (χ2n) is 4.28. The summed E-state index contributed by atoms with van der Waals surface area (Å²) in [5.41, 5.74) is 0. The highest BCUT2D eigenvalue weighted by atomic mass is 16.4. The van der Waals surface area contributed by atoms with Crippen LogP contribution in [0.5, 0.6) is 0 Å². The van der Waals surface area contributed by atoms with Crippen LogP contribution in [0.3, 0.4) is 0 Å². The van der Waals surface area contributed by atoms with Gasteiger partial charge in [-0.1, -0.05) is 6.42 Å². The van der Waals surface area contributed by atoms with Gasteiger partial charge in [-0.25, -0.2) is 0 Å². The van der Waals surface area contributed by atoms with Crippen LogP contribution in [0.25, 0.3) is 0 Å². The largest absolute Gasteiger partial charge is 0.481 e. The quantitative estimate of drug-likeness (QED) is 0.617. The molecule has 0 saturated heterocycles. The first-order valence-corrected chi connectivity index (χ1v) is 5.65. The molecule has 3 nitrogen and oxygen atoms in total. The molecule has 2 N–H and O–H groups in total. The molecule has 1 rings (SSSR count). The number of carboxylic acid groups (broad SMARTS) is 1. The number of unbranched alkanes of at least 4 members (excludes halogenated alkanes) is 1. The fourth-order valence-electron chi connectivity index (χ4n) is 1.84. The predicted octanol–water partition coefficient (Wildman–Crippen LogP) is 2.02. The average molecular weight is 199 g/mol. The molecule has 1 aliphatic rings. The van der Waals surface area contributed by atoms with Gasteiger partial charge in [0.05, 0.1) is 0 Å². The normalized spacial score (nSPS) is 18.9. The van der Waals surface area contributed by atoms with Crippen molar-refractivity contribution in [2.24, 2.45) is 5.92 Å². The molecule has 0 spiro atoms. The zero-order chi connectivity index (χ0) is 10.4. The number of carboxylic acids is 1. The second kappa shape index (κ2) is 6.02. The molecule has 3 heteroatoms. The van der Waals surface area contributed by atoms with Crippen molar-refractivity contribution in [1.29, 1.82) is 0 Å². The first-order chi connectivity index (χ1) is 6.70. The summed E-state index contributed by atoms with van der Waals surface area (Å²) in [6.07, 6.45) is 6.19. The molecular weight excluding hydrogens is 178 g/mol. The van der Waals surface area contributed by atoms with Gasteiger partial charge in [0.2, 0.25) is 0 Å². The standard InChI is InChI=1S/C11H21NO2/c1-9(10-5-4-6-10)12-8-3-2-7-11(13)14/h9-10,12H,2-8H2,1H3,(H,13,14).